The number of thiazole rings is 1. The zero-order valence-corrected chi connectivity index (χ0v) is 13.4. The van der Waals surface area contributed by atoms with Crippen molar-refractivity contribution >= 4 is 16.5 Å². The molecule has 0 spiro atoms. The van der Waals surface area contributed by atoms with Gasteiger partial charge in [0.25, 0.3) is 0 Å². The highest BCUT2D eigenvalue weighted by Crippen LogP contribution is 2.39. The molecule has 3 rings (SSSR count). The number of hydrogen-bond donors (Lipinski definition) is 1. The van der Waals surface area contributed by atoms with Crippen molar-refractivity contribution in [2.24, 2.45) is 11.7 Å². The smallest absolute Gasteiger partial charge is 0.186 e. The molecule has 112 valence electrons. The highest BCUT2D eigenvalue weighted by molar-refractivity contribution is 7.15. The summed E-state index contributed by atoms with van der Waals surface area (Å²) in [6.07, 6.45) is 10.7. The number of anilines is 1. The van der Waals surface area contributed by atoms with E-state index in [-0.39, 0.29) is 0 Å². The Morgan fingerprint density at radius 1 is 1.25 bits per heavy atom. The fourth-order valence-corrected chi connectivity index (χ4v) is 5.02. The van der Waals surface area contributed by atoms with Crippen molar-refractivity contribution in [2.45, 2.75) is 70.9 Å². The Bertz CT molecular complexity index is 437. The Hall–Kier alpha value is -0.610. The SMILES string of the molecule is CCCc1nc(N2CCCC2C2CCCC2)sc1CN. The third-order valence-electron chi connectivity index (χ3n) is 4.93. The third kappa shape index (κ3) is 2.73. The summed E-state index contributed by atoms with van der Waals surface area (Å²) in [7, 11) is 0. The van der Waals surface area contributed by atoms with Crippen LogP contribution < -0.4 is 10.6 Å². The van der Waals surface area contributed by atoms with E-state index in [1.807, 2.05) is 11.3 Å². The van der Waals surface area contributed by atoms with Crippen LogP contribution >= 0.6 is 11.3 Å². The molecule has 20 heavy (non-hydrogen) atoms. The van der Waals surface area contributed by atoms with Gasteiger partial charge in [0.2, 0.25) is 0 Å². The molecule has 4 heteroatoms. The van der Waals surface area contributed by atoms with E-state index in [9.17, 15) is 0 Å². The maximum atomic E-state index is 5.90. The van der Waals surface area contributed by atoms with E-state index in [0.717, 1.165) is 24.8 Å². The van der Waals surface area contributed by atoms with Gasteiger partial charge in [-0.3, -0.25) is 0 Å². The summed E-state index contributed by atoms with van der Waals surface area (Å²) in [4.78, 5) is 8.85. The van der Waals surface area contributed by atoms with E-state index in [0.29, 0.717) is 6.54 Å². The van der Waals surface area contributed by atoms with Gasteiger partial charge in [-0.1, -0.05) is 26.2 Å². The van der Waals surface area contributed by atoms with Gasteiger partial charge in [-0.15, -0.1) is 11.3 Å². The Kier molecular flexibility index (Phi) is 4.61. The molecule has 2 heterocycles. The van der Waals surface area contributed by atoms with Crippen LogP contribution in [0.2, 0.25) is 0 Å². The molecular weight excluding hydrogens is 266 g/mol. The van der Waals surface area contributed by atoms with E-state index in [4.69, 9.17) is 10.7 Å². The van der Waals surface area contributed by atoms with Crippen LogP contribution in [0.15, 0.2) is 0 Å². The number of aryl methyl sites for hydroxylation is 1. The summed E-state index contributed by atoms with van der Waals surface area (Å²) in [5, 5.41) is 1.25. The number of rotatable bonds is 5. The molecule has 3 nitrogen and oxygen atoms in total. The largest absolute Gasteiger partial charge is 0.345 e. The molecular formula is C16H27N3S. The molecule has 0 bridgehead atoms. The van der Waals surface area contributed by atoms with E-state index < -0.39 is 0 Å². The second-order valence-electron chi connectivity index (χ2n) is 6.27. The molecule has 1 unspecified atom stereocenters. The summed E-state index contributed by atoms with van der Waals surface area (Å²) in [6, 6.07) is 0.753. The predicted octanol–water partition coefficient (Wildman–Crippen LogP) is 3.71. The first kappa shape index (κ1) is 14.3. The molecule has 1 saturated heterocycles. The first-order valence-electron chi connectivity index (χ1n) is 8.28. The van der Waals surface area contributed by atoms with Crippen molar-refractivity contribution in [3.63, 3.8) is 0 Å². The number of nitrogens with zero attached hydrogens (tertiary/aromatic N) is 2. The van der Waals surface area contributed by atoms with Gasteiger partial charge in [0.1, 0.15) is 0 Å². The Labute approximate surface area is 126 Å². The normalized spacial score (nSPS) is 23.9. The van der Waals surface area contributed by atoms with Gasteiger partial charge < -0.3 is 10.6 Å². The van der Waals surface area contributed by atoms with Gasteiger partial charge in [-0.2, -0.15) is 0 Å². The minimum atomic E-state index is 0.648. The van der Waals surface area contributed by atoms with Crippen molar-refractivity contribution in [2.75, 3.05) is 11.4 Å². The van der Waals surface area contributed by atoms with Crippen LogP contribution in [0.5, 0.6) is 0 Å². The van der Waals surface area contributed by atoms with E-state index >= 15 is 0 Å². The lowest BCUT2D eigenvalue weighted by molar-refractivity contribution is 0.430. The van der Waals surface area contributed by atoms with Crippen LogP contribution in [0.1, 0.15) is 62.4 Å². The number of hydrogen-bond acceptors (Lipinski definition) is 4. The lowest BCUT2D eigenvalue weighted by Gasteiger charge is -2.29. The Morgan fingerprint density at radius 2 is 2.05 bits per heavy atom. The van der Waals surface area contributed by atoms with E-state index in [1.165, 1.54) is 60.8 Å². The maximum Gasteiger partial charge on any atom is 0.186 e. The minimum Gasteiger partial charge on any atom is -0.345 e. The van der Waals surface area contributed by atoms with Crippen molar-refractivity contribution < 1.29 is 0 Å². The fourth-order valence-electron chi connectivity index (χ4n) is 3.95. The van der Waals surface area contributed by atoms with Crippen molar-refractivity contribution in [1.29, 1.82) is 0 Å². The van der Waals surface area contributed by atoms with Gasteiger partial charge in [0.05, 0.1) is 5.69 Å². The monoisotopic (exact) mass is 293 g/mol. The highest BCUT2D eigenvalue weighted by Gasteiger charge is 2.34. The topological polar surface area (TPSA) is 42.2 Å². The average molecular weight is 293 g/mol. The standard InChI is InChI=1S/C16H27N3S/c1-2-6-13-15(11-17)20-16(18-13)19-10-5-9-14(19)12-7-3-4-8-12/h12,14H,2-11,17H2,1H3. The molecule has 0 radical (unpaired) electrons. The van der Waals surface area contributed by atoms with Crippen molar-refractivity contribution in [3.8, 4) is 0 Å². The number of aromatic nitrogens is 1. The van der Waals surface area contributed by atoms with E-state index in [1.54, 1.807) is 0 Å². The lowest BCUT2D eigenvalue weighted by atomic mass is 9.96. The molecule has 1 aromatic heterocycles. The molecule has 0 amide bonds. The summed E-state index contributed by atoms with van der Waals surface area (Å²) in [5.41, 5.74) is 7.16. The number of nitrogens with two attached hydrogens (primary N) is 1. The van der Waals surface area contributed by atoms with Crippen LogP contribution in [0.25, 0.3) is 0 Å². The molecule has 1 atom stereocenters. The average Bonchev–Trinajstić information content (AvgIpc) is 3.18. The molecule has 1 saturated carbocycles. The zero-order valence-electron chi connectivity index (χ0n) is 12.6. The quantitative estimate of drug-likeness (QED) is 0.900. The molecule has 2 aliphatic rings. The Balaban J connectivity index is 1.79. The zero-order chi connectivity index (χ0) is 13.9. The second-order valence-corrected chi connectivity index (χ2v) is 7.33. The van der Waals surface area contributed by atoms with E-state index in [2.05, 4.69) is 11.8 Å². The summed E-state index contributed by atoms with van der Waals surface area (Å²) >= 11 is 1.85. The van der Waals surface area contributed by atoms with Crippen LogP contribution in [0.4, 0.5) is 5.13 Å². The lowest BCUT2D eigenvalue weighted by Crippen LogP contribution is -2.34. The molecule has 1 aliphatic heterocycles. The van der Waals surface area contributed by atoms with Crippen LogP contribution in [0, 0.1) is 5.92 Å². The first-order valence-corrected chi connectivity index (χ1v) is 9.10. The third-order valence-corrected chi connectivity index (χ3v) is 6.09. The molecule has 1 aromatic rings. The molecule has 2 fully saturated rings. The van der Waals surface area contributed by atoms with Gasteiger partial charge in [0, 0.05) is 24.0 Å². The Morgan fingerprint density at radius 3 is 2.75 bits per heavy atom. The summed E-state index contributed by atoms with van der Waals surface area (Å²) in [5.74, 6) is 0.914. The van der Waals surface area contributed by atoms with Crippen molar-refractivity contribution in [1.82, 2.24) is 4.98 Å². The highest BCUT2D eigenvalue weighted by atomic mass is 32.1. The van der Waals surface area contributed by atoms with Gasteiger partial charge in [-0.25, -0.2) is 4.98 Å². The fraction of sp³-hybridized carbons (Fsp3) is 0.812. The summed E-state index contributed by atoms with van der Waals surface area (Å²) < 4.78 is 0. The molecule has 2 N–H and O–H groups in total. The summed E-state index contributed by atoms with van der Waals surface area (Å²) in [6.45, 7) is 4.07. The van der Waals surface area contributed by atoms with Gasteiger partial charge in [-0.05, 0) is 38.0 Å². The van der Waals surface area contributed by atoms with Crippen molar-refractivity contribution in [3.05, 3.63) is 10.6 Å². The van der Waals surface area contributed by atoms with Crippen LogP contribution in [-0.4, -0.2) is 17.6 Å². The first-order chi connectivity index (χ1) is 9.83. The second kappa shape index (κ2) is 6.44. The van der Waals surface area contributed by atoms with Gasteiger partial charge in [0.15, 0.2) is 5.13 Å². The predicted molar refractivity (Wildman–Crippen MR) is 86.3 cm³/mol. The van der Waals surface area contributed by atoms with Crippen LogP contribution in [-0.2, 0) is 13.0 Å². The van der Waals surface area contributed by atoms with Gasteiger partial charge >= 0.3 is 0 Å². The molecule has 0 aromatic carbocycles. The minimum absolute atomic E-state index is 0.648. The van der Waals surface area contributed by atoms with Crippen LogP contribution in [0.3, 0.4) is 0 Å². The molecule has 1 aliphatic carbocycles. The maximum absolute atomic E-state index is 5.90.